The van der Waals surface area contributed by atoms with Crippen LogP contribution < -0.4 is 5.32 Å². The summed E-state index contributed by atoms with van der Waals surface area (Å²) in [5, 5.41) is 26.9. The molecule has 11 nitrogen and oxygen atoms in total. The minimum Gasteiger partial charge on any atom is -0.361 e. The van der Waals surface area contributed by atoms with E-state index in [1.807, 2.05) is 6.92 Å². The Morgan fingerprint density at radius 3 is 2.29 bits per heavy atom. The average molecular weight is 481 g/mol. The monoisotopic (exact) mass is 481 g/mol. The molecule has 12 heteroatoms. The lowest BCUT2D eigenvalue weighted by atomic mass is 10.1. The Kier molecular flexibility index (Phi) is 6.20. The van der Waals surface area contributed by atoms with Crippen molar-refractivity contribution >= 4 is 17.3 Å². The van der Waals surface area contributed by atoms with Gasteiger partial charge in [-0.05, 0) is 52.3 Å². The van der Waals surface area contributed by atoms with Gasteiger partial charge in [-0.25, -0.2) is 4.39 Å². The molecule has 4 aromatic rings. The number of halogens is 1. The lowest BCUT2D eigenvalue weighted by Gasteiger charge is -2.08. The maximum Gasteiger partial charge on any atom is 0.312 e. The van der Waals surface area contributed by atoms with E-state index in [0.717, 1.165) is 11.3 Å². The molecule has 0 aliphatic heterocycles. The molecule has 0 radical (unpaired) electrons. The number of carbonyl (C=O) groups excluding carboxylic acids is 1. The molecular weight excluding hydrogens is 457 g/mol. The van der Waals surface area contributed by atoms with Gasteiger partial charge < -0.3 is 9.84 Å². The molecule has 0 aliphatic carbocycles. The van der Waals surface area contributed by atoms with Crippen molar-refractivity contribution in [1.29, 1.82) is 0 Å². The predicted octanol–water partition coefficient (Wildman–Crippen LogP) is 4.01. The first-order valence-corrected chi connectivity index (χ1v) is 10.8. The van der Waals surface area contributed by atoms with Crippen molar-refractivity contribution in [2.45, 2.75) is 47.7 Å². The summed E-state index contributed by atoms with van der Waals surface area (Å²) in [5.74, 6) is -0.407. The zero-order valence-electron chi connectivity index (χ0n) is 19.9. The van der Waals surface area contributed by atoms with Crippen LogP contribution in [-0.4, -0.2) is 35.5 Å². The first-order chi connectivity index (χ1) is 16.6. The maximum atomic E-state index is 13.2. The fourth-order valence-corrected chi connectivity index (χ4v) is 3.98. The Balaban J connectivity index is 1.58. The number of hydrogen-bond acceptors (Lipinski definition) is 7. The number of carbonyl (C=O) groups is 1. The fourth-order valence-electron chi connectivity index (χ4n) is 3.98. The Labute approximate surface area is 199 Å². The molecule has 3 aromatic heterocycles. The summed E-state index contributed by atoms with van der Waals surface area (Å²) in [7, 11) is 0. The molecule has 0 unspecified atom stereocenters. The zero-order chi connectivity index (χ0) is 25.4. The Morgan fingerprint density at radius 1 is 1.03 bits per heavy atom. The van der Waals surface area contributed by atoms with Crippen LogP contribution in [0.3, 0.4) is 0 Å². The number of rotatable bonds is 7. The van der Waals surface area contributed by atoms with Gasteiger partial charge in [0.15, 0.2) is 5.69 Å². The van der Waals surface area contributed by atoms with E-state index in [2.05, 4.69) is 20.7 Å². The number of nitrogens with zero attached hydrogens (tertiary/aromatic N) is 6. The number of benzene rings is 1. The van der Waals surface area contributed by atoms with Gasteiger partial charge in [-0.2, -0.15) is 10.2 Å². The van der Waals surface area contributed by atoms with Gasteiger partial charge in [-0.3, -0.25) is 24.3 Å². The summed E-state index contributed by atoms with van der Waals surface area (Å²) in [6.45, 7) is 8.91. The quantitative estimate of drug-likeness (QED) is 0.311. The van der Waals surface area contributed by atoms with E-state index in [4.69, 9.17) is 4.52 Å². The highest BCUT2D eigenvalue weighted by Gasteiger charge is 2.26. The van der Waals surface area contributed by atoms with Crippen molar-refractivity contribution in [2.24, 2.45) is 0 Å². The lowest BCUT2D eigenvalue weighted by molar-refractivity contribution is -0.386. The van der Waals surface area contributed by atoms with E-state index < -0.39 is 10.8 Å². The van der Waals surface area contributed by atoms with Crippen LogP contribution in [0.2, 0.25) is 0 Å². The summed E-state index contributed by atoms with van der Waals surface area (Å²) < 4.78 is 21.7. The van der Waals surface area contributed by atoms with Crippen LogP contribution in [0.15, 0.2) is 28.8 Å². The van der Waals surface area contributed by atoms with Crippen molar-refractivity contribution in [3.8, 4) is 0 Å². The standard InChI is InChI=1S/C23H24FN7O4/c1-12-20(14(3)29(26-12)10-17-6-8-18(24)9-7-17)25-23(32)21-19(16(5)35-28-21)11-30-15(4)22(31(33)34)13(2)27-30/h6-9H,10-11H2,1-5H3,(H,25,32). The number of hydrogen-bond donors (Lipinski definition) is 1. The molecule has 0 spiro atoms. The summed E-state index contributed by atoms with van der Waals surface area (Å²) >= 11 is 0. The van der Waals surface area contributed by atoms with Gasteiger partial charge in [0.1, 0.15) is 23.0 Å². The normalized spacial score (nSPS) is 11.1. The van der Waals surface area contributed by atoms with Gasteiger partial charge in [0.2, 0.25) is 0 Å². The predicted molar refractivity (Wildman–Crippen MR) is 124 cm³/mol. The number of aryl methyl sites for hydroxylation is 3. The Hall–Kier alpha value is -4.35. The molecule has 0 aliphatic rings. The number of aromatic nitrogens is 5. The van der Waals surface area contributed by atoms with Crippen molar-refractivity contribution in [3.05, 3.63) is 85.6 Å². The minimum absolute atomic E-state index is 0.0581. The smallest absolute Gasteiger partial charge is 0.312 e. The van der Waals surface area contributed by atoms with Crippen molar-refractivity contribution < 1.29 is 18.6 Å². The molecule has 182 valence electrons. The van der Waals surface area contributed by atoms with E-state index in [9.17, 15) is 19.3 Å². The molecule has 0 bridgehead atoms. The molecule has 1 amide bonds. The molecule has 1 N–H and O–H groups in total. The van der Waals surface area contributed by atoms with Gasteiger partial charge in [-0.15, -0.1) is 0 Å². The van der Waals surface area contributed by atoms with Crippen LogP contribution in [-0.2, 0) is 13.1 Å². The number of amides is 1. The number of anilines is 1. The largest absolute Gasteiger partial charge is 0.361 e. The highest BCUT2D eigenvalue weighted by molar-refractivity contribution is 6.04. The average Bonchev–Trinajstić information content (AvgIpc) is 3.39. The summed E-state index contributed by atoms with van der Waals surface area (Å²) in [5.41, 5.74) is 3.84. The molecule has 1 aromatic carbocycles. The van der Waals surface area contributed by atoms with Crippen LogP contribution in [0.1, 0.15) is 50.2 Å². The second-order valence-electron chi connectivity index (χ2n) is 8.28. The summed E-state index contributed by atoms with van der Waals surface area (Å²) in [6.07, 6.45) is 0. The topological polar surface area (TPSA) is 134 Å². The molecule has 35 heavy (non-hydrogen) atoms. The number of nitrogens with one attached hydrogen (secondary N) is 1. The summed E-state index contributed by atoms with van der Waals surface area (Å²) in [6, 6.07) is 6.13. The second-order valence-corrected chi connectivity index (χ2v) is 8.28. The van der Waals surface area contributed by atoms with E-state index in [1.165, 1.54) is 16.8 Å². The lowest BCUT2D eigenvalue weighted by Crippen LogP contribution is -2.17. The number of nitro groups is 1. The van der Waals surface area contributed by atoms with Crippen LogP contribution in [0, 0.1) is 50.6 Å². The SMILES string of the molecule is Cc1nn(Cc2ccc(F)cc2)c(C)c1NC(=O)c1noc(C)c1Cn1nc(C)c([N+](=O)[O-])c1C. The van der Waals surface area contributed by atoms with E-state index in [-0.39, 0.29) is 29.4 Å². The van der Waals surface area contributed by atoms with Gasteiger partial charge in [0.05, 0.1) is 35.1 Å². The first-order valence-electron chi connectivity index (χ1n) is 10.8. The highest BCUT2D eigenvalue weighted by Crippen LogP contribution is 2.26. The molecule has 0 saturated heterocycles. The molecule has 0 saturated carbocycles. The van der Waals surface area contributed by atoms with E-state index >= 15 is 0 Å². The first kappa shape index (κ1) is 23.8. The third-order valence-electron chi connectivity index (χ3n) is 5.90. The fraction of sp³-hybridized carbons (Fsp3) is 0.304. The second kappa shape index (κ2) is 9.12. The highest BCUT2D eigenvalue weighted by atomic mass is 19.1. The van der Waals surface area contributed by atoms with Crippen LogP contribution in [0.4, 0.5) is 15.8 Å². The summed E-state index contributed by atoms with van der Waals surface area (Å²) in [4.78, 5) is 24.0. The van der Waals surface area contributed by atoms with Gasteiger partial charge in [0.25, 0.3) is 5.91 Å². The third kappa shape index (κ3) is 4.54. The van der Waals surface area contributed by atoms with Gasteiger partial charge in [0, 0.05) is 5.56 Å². The zero-order valence-corrected chi connectivity index (χ0v) is 19.9. The van der Waals surface area contributed by atoms with Crippen LogP contribution in [0.25, 0.3) is 0 Å². The van der Waals surface area contributed by atoms with Crippen LogP contribution >= 0.6 is 0 Å². The van der Waals surface area contributed by atoms with Gasteiger partial charge in [-0.1, -0.05) is 17.3 Å². The van der Waals surface area contributed by atoms with Crippen molar-refractivity contribution in [2.75, 3.05) is 5.32 Å². The molecule has 4 rings (SSSR count). The molecular formula is C23H24FN7O4. The Morgan fingerprint density at radius 2 is 1.66 bits per heavy atom. The van der Waals surface area contributed by atoms with Crippen LogP contribution in [0.5, 0.6) is 0 Å². The molecule has 0 atom stereocenters. The molecule has 3 heterocycles. The van der Waals surface area contributed by atoms with E-state index in [0.29, 0.717) is 34.9 Å². The Bertz CT molecular complexity index is 1430. The minimum atomic E-state index is -0.500. The van der Waals surface area contributed by atoms with E-state index in [1.54, 1.807) is 44.5 Å². The van der Waals surface area contributed by atoms with Gasteiger partial charge >= 0.3 is 5.69 Å². The van der Waals surface area contributed by atoms with Crippen molar-refractivity contribution in [3.63, 3.8) is 0 Å². The maximum absolute atomic E-state index is 13.2. The van der Waals surface area contributed by atoms with Crippen molar-refractivity contribution in [1.82, 2.24) is 24.7 Å². The third-order valence-corrected chi connectivity index (χ3v) is 5.90. The molecule has 0 fully saturated rings.